The van der Waals surface area contributed by atoms with Crippen molar-refractivity contribution in [2.75, 3.05) is 0 Å². The van der Waals surface area contributed by atoms with Crippen molar-refractivity contribution in [3.05, 3.63) is 58.5 Å². The van der Waals surface area contributed by atoms with Gasteiger partial charge < -0.3 is 9.55 Å². The number of aromatic nitrogens is 4. The topological polar surface area (TPSA) is 63.6 Å². The van der Waals surface area contributed by atoms with Gasteiger partial charge in [0.2, 0.25) is 0 Å². The van der Waals surface area contributed by atoms with Crippen molar-refractivity contribution in [3.63, 3.8) is 0 Å². The molecule has 0 amide bonds. The summed E-state index contributed by atoms with van der Waals surface area (Å²) in [4.78, 5) is 23.8. The van der Waals surface area contributed by atoms with E-state index < -0.39 is 0 Å². The molecule has 0 aliphatic carbocycles. The average Bonchev–Trinajstić information content (AvgIpc) is 2.87. The van der Waals surface area contributed by atoms with Gasteiger partial charge in [0.15, 0.2) is 5.52 Å². The fourth-order valence-electron chi connectivity index (χ4n) is 2.07. The summed E-state index contributed by atoms with van der Waals surface area (Å²) in [7, 11) is 0. The van der Waals surface area contributed by atoms with Gasteiger partial charge in [-0.2, -0.15) is 0 Å². The zero-order valence-electron chi connectivity index (χ0n) is 10.6. The van der Waals surface area contributed by atoms with E-state index in [9.17, 15) is 4.79 Å². The van der Waals surface area contributed by atoms with E-state index >= 15 is 0 Å². The summed E-state index contributed by atoms with van der Waals surface area (Å²) < 4.78 is 1.65. The van der Waals surface area contributed by atoms with Crippen LogP contribution in [0.3, 0.4) is 0 Å². The Morgan fingerprint density at radius 2 is 2.26 bits per heavy atom. The first-order chi connectivity index (χ1) is 9.28. The Labute approximate surface area is 110 Å². The number of pyridine rings is 2. The number of aromatic amines is 1. The number of nitrogens with one attached hydrogen (secondary N) is 1. The Balaban J connectivity index is 2.05. The summed E-state index contributed by atoms with van der Waals surface area (Å²) in [6.45, 7) is 2.52. The lowest BCUT2D eigenvalue weighted by Crippen LogP contribution is -2.20. The second kappa shape index (κ2) is 4.68. The number of hydrogen-bond acceptors (Lipinski definition) is 3. The molecule has 3 aromatic rings. The Bertz CT molecular complexity index is 758. The molecule has 3 aromatic heterocycles. The predicted molar refractivity (Wildman–Crippen MR) is 73.1 cm³/mol. The number of hydrogen-bond donors (Lipinski definition) is 1. The molecule has 0 saturated heterocycles. The van der Waals surface area contributed by atoms with Crippen molar-refractivity contribution >= 4 is 11.0 Å². The number of rotatable bonds is 3. The van der Waals surface area contributed by atoms with Crippen LogP contribution < -0.4 is 5.56 Å². The highest BCUT2D eigenvalue weighted by atomic mass is 16.1. The molecule has 3 rings (SSSR count). The largest absolute Gasteiger partial charge is 0.342 e. The van der Waals surface area contributed by atoms with Gasteiger partial charge in [0, 0.05) is 25.0 Å². The van der Waals surface area contributed by atoms with E-state index in [1.165, 1.54) is 0 Å². The van der Waals surface area contributed by atoms with Crippen LogP contribution in [0, 0.1) is 0 Å². The number of aryl methyl sites for hydroxylation is 1. The number of H-pyrrole nitrogens is 1. The van der Waals surface area contributed by atoms with Crippen molar-refractivity contribution in [3.8, 4) is 0 Å². The van der Waals surface area contributed by atoms with E-state index in [1.807, 2.05) is 25.1 Å². The lowest BCUT2D eigenvalue weighted by molar-refractivity contribution is 0.763. The monoisotopic (exact) mass is 254 g/mol. The van der Waals surface area contributed by atoms with Crippen LogP contribution in [0.5, 0.6) is 0 Å². The summed E-state index contributed by atoms with van der Waals surface area (Å²) in [5.74, 6) is 0.839. The van der Waals surface area contributed by atoms with Crippen LogP contribution in [0.25, 0.3) is 11.0 Å². The van der Waals surface area contributed by atoms with Crippen molar-refractivity contribution in [2.45, 2.75) is 19.9 Å². The first-order valence-electron chi connectivity index (χ1n) is 6.25. The minimum Gasteiger partial charge on any atom is -0.342 e. The molecule has 0 aromatic carbocycles. The molecule has 5 heteroatoms. The first-order valence-corrected chi connectivity index (χ1v) is 6.25. The molecule has 1 N–H and O–H groups in total. The fraction of sp³-hybridized carbons (Fsp3) is 0.214. The highest BCUT2D eigenvalue weighted by Crippen LogP contribution is 2.08. The van der Waals surface area contributed by atoms with Gasteiger partial charge in [-0.15, -0.1) is 0 Å². The molecule has 5 nitrogen and oxygen atoms in total. The first kappa shape index (κ1) is 11.6. The van der Waals surface area contributed by atoms with E-state index in [2.05, 4.69) is 15.0 Å². The van der Waals surface area contributed by atoms with Gasteiger partial charge in [-0.3, -0.25) is 9.78 Å². The summed E-state index contributed by atoms with van der Waals surface area (Å²) in [6, 6.07) is 5.70. The van der Waals surface area contributed by atoms with Crippen molar-refractivity contribution in [1.82, 2.24) is 19.5 Å². The normalized spacial score (nSPS) is 11.0. The van der Waals surface area contributed by atoms with Crippen molar-refractivity contribution in [1.29, 1.82) is 0 Å². The molecule has 0 fully saturated rings. The van der Waals surface area contributed by atoms with Crippen LogP contribution in [0.15, 0.2) is 41.6 Å². The Kier molecular flexibility index (Phi) is 2.87. The molecule has 0 atom stereocenters. The van der Waals surface area contributed by atoms with Gasteiger partial charge in [0.25, 0.3) is 5.56 Å². The van der Waals surface area contributed by atoms with E-state index in [0.717, 1.165) is 23.3 Å². The summed E-state index contributed by atoms with van der Waals surface area (Å²) in [6.07, 6.45) is 6.06. The molecule has 0 radical (unpaired) electrons. The van der Waals surface area contributed by atoms with Gasteiger partial charge in [0.05, 0.1) is 12.1 Å². The zero-order chi connectivity index (χ0) is 13.2. The van der Waals surface area contributed by atoms with Crippen LogP contribution in [-0.2, 0) is 13.0 Å². The third-order valence-electron chi connectivity index (χ3n) is 3.08. The minimum absolute atomic E-state index is 0.0719. The number of nitrogens with zero attached hydrogens (tertiary/aromatic N) is 3. The zero-order valence-corrected chi connectivity index (χ0v) is 10.6. The van der Waals surface area contributed by atoms with Gasteiger partial charge in [-0.25, -0.2) is 4.98 Å². The molecule has 0 aliphatic heterocycles. The van der Waals surface area contributed by atoms with Gasteiger partial charge in [-0.05, 0) is 17.7 Å². The van der Waals surface area contributed by atoms with Crippen LogP contribution >= 0.6 is 0 Å². The highest BCUT2D eigenvalue weighted by Gasteiger charge is 2.08. The molecule has 19 heavy (non-hydrogen) atoms. The van der Waals surface area contributed by atoms with Gasteiger partial charge in [0.1, 0.15) is 5.82 Å². The maximum atomic E-state index is 12.3. The second-order valence-electron chi connectivity index (χ2n) is 4.41. The lowest BCUT2D eigenvalue weighted by atomic mass is 10.3. The SMILES string of the molecule is CCc1nc2c(=O)n(Cc3cccnc3)ccc2[nH]1. The maximum absolute atomic E-state index is 12.3. The smallest absolute Gasteiger partial charge is 0.278 e. The fourth-order valence-corrected chi connectivity index (χ4v) is 2.07. The molecule has 0 unspecified atom stereocenters. The van der Waals surface area contributed by atoms with Crippen molar-refractivity contribution in [2.24, 2.45) is 0 Å². The van der Waals surface area contributed by atoms with Crippen molar-refractivity contribution < 1.29 is 0 Å². The van der Waals surface area contributed by atoms with E-state index in [-0.39, 0.29) is 5.56 Å². The molecular weight excluding hydrogens is 240 g/mol. The molecule has 0 aliphatic rings. The van der Waals surface area contributed by atoms with Gasteiger partial charge in [-0.1, -0.05) is 13.0 Å². The standard InChI is InChI=1S/C14H14N4O/c1-2-12-16-11-5-7-18(14(19)13(11)17-12)9-10-4-3-6-15-8-10/h3-8H,2,9H2,1H3,(H,16,17). The average molecular weight is 254 g/mol. The Morgan fingerprint density at radius 1 is 1.37 bits per heavy atom. The second-order valence-corrected chi connectivity index (χ2v) is 4.41. The van der Waals surface area contributed by atoms with Gasteiger partial charge >= 0.3 is 0 Å². The Morgan fingerprint density at radius 3 is 3.00 bits per heavy atom. The molecule has 0 spiro atoms. The molecule has 0 bridgehead atoms. The van der Waals surface area contributed by atoms with Crippen LogP contribution in [0.1, 0.15) is 18.3 Å². The predicted octanol–water partition coefficient (Wildman–Crippen LogP) is 1.73. The summed E-state index contributed by atoms with van der Waals surface area (Å²) >= 11 is 0. The van der Waals surface area contributed by atoms with E-state index in [1.54, 1.807) is 23.2 Å². The number of fused-ring (bicyclic) bond motifs is 1. The summed E-state index contributed by atoms with van der Waals surface area (Å²) in [5, 5.41) is 0. The van der Waals surface area contributed by atoms with Crippen LogP contribution in [-0.4, -0.2) is 19.5 Å². The third-order valence-corrected chi connectivity index (χ3v) is 3.08. The molecule has 96 valence electrons. The number of imidazole rings is 1. The highest BCUT2D eigenvalue weighted by molar-refractivity contribution is 5.73. The lowest BCUT2D eigenvalue weighted by Gasteiger charge is -2.04. The van der Waals surface area contributed by atoms with Crippen LogP contribution in [0.2, 0.25) is 0 Å². The molecular formula is C14H14N4O. The van der Waals surface area contributed by atoms with E-state index in [4.69, 9.17) is 0 Å². The summed E-state index contributed by atoms with van der Waals surface area (Å²) in [5.41, 5.74) is 2.22. The molecule has 3 heterocycles. The Hall–Kier alpha value is -2.43. The molecule has 0 saturated carbocycles. The van der Waals surface area contributed by atoms with E-state index in [0.29, 0.717) is 12.1 Å². The quantitative estimate of drug-likeness (QED) is 0.774. The third kappa shape index (κ3) is 2.14. The van der Waals surface area contributed by atoms with Crippen LogP contribution in [0.4, 0.5) is 0 Å². The maximum Gasteiger partial charge on any atom is 0.278 e. The minimum atomic E-state index is -0.0719.